The van der Waals surface area contributed by atoms with Gasteiger partial charge in [0.15, 0.2) is 11.5 Å². The molecule has 2 aliphatic carbocycles. The number of hydrogen-bond donors (Lipinski definition) is 1. The van der Waals surface area contributed by atoms with Crippen molar-refractivity contribution in [2.75, 3.05) is 21.3 Å². The van der Waals surface area contributed by atoms with Gasteiger partial charge in [0, 0.05) is 17.1 Å². The quantitative estimate of drug-likeness (QED) is 0.899. The van der Waals surface area contributed by atoms with E-state index in [0.717, 1.165) is 34.1 Å². The summed E-state index contributed by atoms with van der Waals surface area (Å²) in [6.45, 7) is 0. The maximum Gasteiger partial charge on any atom is 0.162 e. The van der Waals surface area contributed by atoms with Gasteiger partial charge in [0.05, 0.1) is 14.2 Å². The van der Waals surface area contributed by atoms with E-state index >= 15 is 0 Å². The predicted octanol–water partition coefficient (Wildman–Crippen LogP) is 3.66. The van der Waals surface area contributed by atoms with Crippen LogP contribution in [0.15, 0.2) is 12.1 Å². The molecule has 1 aromatic rings. The summed E-state index contributed by atoms with van der Waals surface area (Å²) in [5.74, 6) is 3.93. The van der Waals surface area contributed by atoms with Crippen molar-refractivity contribution >= 4 is 11.6 Å². The van der Waals surface area contributed by atoms with Crippen molar-refractivity contribution in [3.05, 3.63) is 22.7 Å². The highest BCUT2D eigenvalue weighted by Gasteiger charge is 2.56. The van der Waals surface area contributed by atoms with Crippen LogP contribution in [-0.4, -0.2) is 21.3 Å². The van der Waals surface area contributed by atoms with E-state index in [1.807, 2.05) is 19.2 Å². The number of fused-ring (bicyclic) bond motifs is 1. The molecule has 20 heavy (non-hydrogen) atoms. The molecule has 1 aromatic carbocycles. The second kappa shape index (κ2) is 5.45. The molecule has 0 saturated heterocycles. The normalized spacial score (nSPS) is 28.9. The number of halogens is 1. The first-order valence-electron chi connectivity index (χ1n) is 7.30. The third kappa shape index (κ3) is 2.17. The van der Waals surface area contributed by atoms with Crippen LogP contribution in [0, 0.1) is 17.8 Å². The van der Waals surface area contributed by atoms with Gasteiger partial charge >= 0.3 is 0 Å². The summed E-state index contributed by atoms with van der Waals surface area (Å²) in [6, 6.07) is 4.20. The van der Waals surface area contributed by atoms with Crippen LogP contribution in [0.5, 0.6) is 11.5 Å². The number of hydrogen-bond acceptors (Lipinski definition) is 3. The van der Waals surface area contributed by atoms with Gasteiger partial charge in [0.25, 0.3) is 0 Å². The molecule has 110 valence electrons. The van der Waals surface area contributed by atoms with E-state index < -0.39 is 0 Å². The zero-order valence-corrected chi connectivity index (χ0v) is 13.0. The standard InChI is InChI=1S/C16H22ClNO2/c1-18-16(15-9-5-4-6-10(9)15)11-7-13(19-2)14(20-3)8-12(11)17/h7-10,15-16,18H,4-6H2,1-3H3. The van der Waals surface area contributed by atoms with Gasteiger partial charge in [-0.25, -0.2) is 0 Å². The first-order chi connectivity index (χ1) is 9.71. The molecule has 0 spiro atoms. The summed E-state index contributed by atoms with van der Waals surface area (Å²) in [6.07, 6.45) is 4.14. The van der Waals surface area contributed by atoms with Gasteiger partial charge in [0.2, 0.25) is 0 Å². The Morgan fingerprint density at radius 3 is 2.30 bits per heavy atom. The Kier molecular flexibility index (Phi) is 3.83. The number of ether oxygens (including phenoxy) is 2. The summed E-state index contributed by atoms with van der Waals surface area (Å²) in [5, 5.41) is 4.21. The monoisotopic (exact) mass is 295 g/mol. The van der Waals surface area contributed by atoms with Crippen LogP contribution in [0.2, 0.25) is 5.02 Å². The lowest BCUT2D eigenvalue weighted by atomic mass is 9.96. The van der Waals surface area contributed by atoms with E-state index in [2.05, 4.69) is 5.32 Å². The molecule has 0 heterocycles. The molecule has 3 rings (SSSR count). The van der Waals surface area contributed by atoms with E-state index in [1.54, 1.807) is 14.2 Å². The topological polar surface area (TPSA) is 30.5 Å². The molecule has 0 radical (unpaired) electrons. The van der Waals surface area contributed by atoms with Gasteiger partial charge in [-0.2, -0.15) is 0 Å². The Labute approximate surface area is 125 Å². The smallest absolute Gasteiger partial charge is 0.162 e. The van der Waals surface area contributed by atoms with Crippen molar-refractivity contribution in [3.8, 4) is 11.5 Å². The fourth-order valence-corrected chi connectivity index (χ4v) is 4.31. The van der Waals surface area contributed by atoms with E-state index in [4.69, 9.17) is 21.1 Å². The second-order valence-electron chi connectivity index (χ2n) is 5.83. The molecule has 0 amide bonds. The molecule has 3 atom stereocenters. The minimum atomic E-state index is 0.317. The molecule has 2 aliphatic rings. The molecule has 1 N–H and O–H groups in total. The highest BCUT2D eigenvalue weighted by atomic mass is 35.5. The van der Waals surface area contributed by atoms with Crippen molar-refractivity contribution in [1.82, 2.24) is 5.32 Å². The molecule has 0 aliphatic heterocycles. The summed E-state index contributed by atoms with van der Waals surface area (Å²) >= 11 is 6.46. The van der Waals surface area contributed by atoms with Crippen LogP contribution in [0.25, 0.3) is 0 Å². The molecular weight excluding hydrogens is 274 g/mol. The van der Waals surface area contributed by atoms with Crippen LogP contribution < -0.4 is 14.8 Å². The van der Waals surface area contributed by atoms with Crippen LogP contribution in [0.3, 0.4) is 0 Å². The molecule has 2 fully saturated rings. The van der Waals surface area contributed by atoms with Crippen LogP contribution in [0.1, 0.15) is 30.9 Å². The number of benzene rings is 1. The third-order valence-electron chi connectivity index (χ3n) is 5.01. The summed E-state index contributed by atoms with van der Waals surface area (Å²) in [7, 11) is 5.32. The lowest BCUT2D eigenvalue weighted by molar-refractivity contribution is 0.353. The molecule has 2 saturated carbocycles. The molecule has 3 nitrogen and oxygen atoms in total. The number of rotatable bonds is 5. The molecule has 0 aromatic heterocycles. The van der Waals surface area contributed by atoms with Crippen LogP contribution >= 0.6 is 11.6 Å². The van der Waals surface area contributed by atoms with Gasteiger partial charge in [-0.3, -0.25) is 0 Å². The van der Waals surface area contributed by atoms with Crippen LogP contribution in [0.4, 0.5) is 0 Å². The van der Waals surface area contributed by atoms with Gasteiger partial charge in [-0.15, -0.1) is 0 Å². The summed E-state index contributed by atoms with van der Waals surface area (Å²) in [4.78, 5) is 0. The third-order valence-corrected chi connectivity index (χ3v) is 5.33. The largest absolute Gasteiger partial charge is 0.493 e. The highest BCUT2D eigenvalue weighted by Crippen LogP contribution is 2.62. The van der Waals surface area contributed by atoms with Gasteiger partial charge in [-0.1, -0.05) is 18.0 Å². The van der Waals surface area contributed by atoms with Crippen molar-refractivity contribution in [2.24, 2.45) is 17.8 Å². The Morgan fingerprint density at radius 2 is 1.75 bits per heavy atom. The number of methoxy groups -OCH3 is 2. The van der Waals surface area contributed by atoms with Crippen molar-refractivity contribution in [2.45, 2.75) is 25.3 Å². The van der Waals surface area contributed by atoms with Crippen LogP contribution in [-0.2, 0) is 0 Å². The van der Waals surface area contributed by atoms with E-state index in [1.165, 1.54) is 19.3 Å². The average molecular weight is 296 g/mol. The van der Waals surface area contributed by atoms with Gasteiger partial charge < -0.3 is 14.8 Å². The zero-order chi connectivity index (χ0) is 14.3. The predicted molar refractivity (Wildman–Crippen MR) is 80.7 cm³/mol. The lowest BCUT2D eigenvalue weighted by Gasteiger charge is -2.21. The maximum atomic E-state index is 6.46. The minimum absolute atomic E-state index is 0.317. The van der Waals surface area contributed by atoms with E-state index in [9.17, 15) is 0 Å². The van der Waals surface area contributed by atoms with E-state index in [0.29, 0.717) is 11.8 Å². The van der Waals surface area contributed by atoms with Crippen molar-refractivity contribution in [1.29, 1.82) is 0 Å². The van der Waals surface area contributed by atoms with Crippen molar-refractivity contribution < 1.29 is 9.47 Å². The fraction of sp³-hybridized carbons (Fsp3) is 0.625. The summed E-state index contributed by atoms with van der Waals surface area (Å²) in [5.41, 5.74) is 1.13. The minimum Gasteiger partial charge on any atom is -0.493 e. The zero-order valence-electron chi connectivity index (χ0n) is 12.3. The molecule has 3 unspecified atom stereocenters. The first-order valence-corrected chi connectivity index (χ1v) is 7.67. The Hall–Kier alpha value is -0.930. The fourth-order valence-electron chi connectivity index (χ4n) is 4.03. The SMILES string of the molecule is CNC(c1cc(OC)c(OC)cc1Cl)C1C2CCCC21. The Bertz CT molecular complexity index is 495. The Morgan fingerprint density at radius 1 is 1.15 bits per heavy atom. The lowest BCUT2D eigenvalue weighted by Crippen LogP contribution is -2.21. The Balaban J connectivity index is 1.91. The van der Waals surface area contributed by atoms with Gasteiger partial charge in [0.1, 0.15) is 0 Å². The molecule has 4 heteroatoms. The maximum absolute atomic E-state index is 6.46. The highest BCUT2D eigenvalue weighted by molar-refractivity contribution is 6.31. The number of nitrogens with one attached hydrogen (secondary N) is 1. The van der Waals surface area contributed by atoms with Gasteiger partial charge in [-0.05, 0) is 49.3 Å². The summed E-state index contributed by atoms with van der Waals surface area (Å²) < 4.78 is 10.7. The second-order valence-corrected chi connectivity index (χ2v) is 6.24. The molecule has 0 bridgehead atoms. The van der Waals surface area contributed by atoms with Crippen molar-refractivity contribution in [3.63, 3.8) is 0 Å². The first kappa shape index (κ1) is 14.0. The average Bonchev–Trinajstić information content (AvgIpc) is 2.93. The molecular formula is C16H22ClNO2. The van der Waals surface area contributed by atoms with E-state index in [-0.39, 0.29) is 0 Å².